The van der Waals surface area contributed by atoms with Crippen molar-refractivity contribution in [1.29, 1.82) is 0 Å². The number of para-hydroxylation sites is 1. The Morgan fingerprint density at radius 2 is 1.94 bits per heavy atom. The molecular weight excluding hydrogens is 396 g/mol. The summed E-state index contributed by atoms with van der Waals surface area (Å²) in [6.45, 7) is 4.76. The van der Waals surface area contributed by atoms with Gasteiger partial charge in [0.15, 0.2) is 0 Å². The van der Waals surface area contributed by atoms with E-state index < -0.39 is 11.2 Å². The van der Waals surface area contributed by atoms with Gasteiger partial charge in [0.1, 0.15) is 0 Å². The van der Waals surface area contributed by atoms with E-state index in [0.29, 0.717) is 23.0 Å². The summed E-state index contributed by atoms with van der Waals surface area (Å²) < 4.78 is 6.04. The van der Waals surface area contributed by atoms with Gasteiger partial charge in [0.2, 0.25) is 0 Å². The molecule has 0 aliphatic heterocycles. The number of amides is 1. The molecule has 0 aliphatic rings. The van der Waals surface area contributed by atoms with Gasteiger partial charge < -0.3 is 19.9 Å². The fourth-order valence-corrected chi connectivity index (χ4v) is 3.46. The van der Waals surface area contributed by atoms with E-state index in [1.165, 1.54) is 13.2 Å². The average molecular weight is 425 g/mol. The Hall–Kier alpha value is -3.39. The second-order valence-corrected chi connectivity index (χ2v) is 7.16. The molecule has 31 heavy (non-hydrogen) atoms. The van der Waals surface area contributed by atoms with Crippen LogP contribution in [0.25, 0.3) is 10.9 Å². The first kappa shape index (κ1) is 22.3. The van der Waals surface area contributed by atoms with Gasteiger partial charge in [0.25, 0.3) is 11.5 Å². The second-order valence-electron chi connectivity index (χ2n) is 7.16. The fourth-order valence-electron chi connectivity index (χ4n) is 3.46. The maximum Gasteiger partial charge on any atom is 0.328 e. The topological polar surface area (TPSA) is 96.4 Å². The molecular formula is C23H28N4O4. The highest BCUT2D eigenvalue weighted by molar-refractivity contribution is 5.97. The van der Waals surface area contributed by atoms with Crippen molar-refractivity contribution in [3.8, 4) is 0 Å². The molecule has 0 saturated carbocycles. The molecule has 2 N–H and O–H groups in total. The molecule has 3 rings (SSSR count). The molecule has 0 saturated heterocycles. The Morgan fingerprint density at radius 1 is 1.16 bits per heavy atom. The van der Waals surface area contributed by atoms with Gasteiger partial charge in [-0.3, -0.25) is 14.2 Å². The highest BCUT2D eigenvalue weighted by Gasteiger charge is 2.11. The Bertz CT molecular complexity index is 1140. The summed E-state index contributed by atoms with van der Waals surface area (Å²) in [4.78, 5) is 42.2. The lowest BCUT2D eigenvalue weighted by Gasteiger charge is -2.23. The van der Waals surface area contributed by atoms with Crippen LogP contribution >= 0.6 is 0 Å². The SMILES string of the molecule is CCN(CCCNC(=O)c1ccc2c(=O)n(CCOC)c(=O)[nH]c2c1)c1ccccc1. The van der Waals surface area contributed by atoms with Gasteiger partial charge in [-0.2, -0.15) is 0 Å². The fraction of sp³-hybridized carbons (Fsp3) is 0.348. The number of hydrogen-bond acceptors (Lipinski definition) is 5. The van der Waals surface area contributed by atoms with Gasteiger partial charge in [-0.25, -0.2) is 4.79 Å². The number of methoxy groups -OCH3 is 1. The summed E-state index contributed by atoms with van der Waals surface area (Å²) in [7, 11) is 1.51. The van der Waals surface area contributed by atoms with Crippen molar-refractivity contribution in [3.63, 3.8) is 0 Å². The lowest BCUT2D eigenvalue weighted by molar-refractivity contribution is 0.0953. The first-order valence-electron chi connectivity index (χ1n) is 10.4. The number of anilines is 1. The van der Waals surface area contributed by atoms with Gasteiger partial charge in [0, 0.05) is 38.0 Å². The molecule has 164 valence electrons. The van der Waals surface area contributed by atoms with Crippen LogP contribution in [-0.4, -0.2) is 48.8 Å². The first-order chi connectivity index (χ1) is 15.0. The maximum absolute atomic E-state index is 12.5. The number of rotatable bonds is 10. The first-order valence-corrected chi connectivity index (χ1v) is 10.4. The van der Waals surface area contributed by atoms with Crippen molar-refractivity contribution < 1.29 is 9.53 Å². The second kappa shape index (κ2) is 10.6. The molecule has 8 nitrogen and oxygen atoms in total. The van der Waals surface area contributed by atoms with Crippen LogP contribution in [0, 0.1) is 0 Å². The highest BCUT2D eigenvalue weighted by atomic mass is 16.5. The minimum absolute atomic E-state index is 0.167. The number of nitrogens with zero attached hydrogens (tertiary/aromatic N) is 2. The summed E-state index contributed by atoms with van der Waals surface area (Å²) in [5.74, 6) is -0.242. The number of nitrogens with one attached hydrogen (secondary N) is 2. The van der Waals surface area contributed by atoms with E-state index in [0.717, 1.165) is 29.8 Å². The van der Waals surface area contributed by atoms with Crippen molar-refractivity contribution in [2.45, 2.75) is 19.9 Å². The number of fused-ring (bicyclic) bond motifs is 1. The maximum atomic E-state index is 12.5. The molecule has 0 atom stereocenters. The van der Waals surface area contributed by atoms with Crippen molar-refractivity contribution in [2.75, 3.05) is 38.3 Å². The summed E-state index contributed by atoms with van der Waals surface area (Å²) in [5.41, 5.74) is 0.979. The van der Waals surface area contributed by atoms with Crippen molar-refractivity contribution in [2.24, 2.45) is 0 Å². The number of carbonyl (C=O) groups excluding carboxylic acids is 1. The molecule has 0 spiro atoms. The van der Waals surface area contributed by atoms with Crippen LogP contribution in [0.5, 0.6) is 0 Å². The lowest BCUT2D eigenvalue weighted by atomic mass is 10.1. The normalized spacial score (nSPS) is 10.9. The van der Waals surface area contributed by atoms with Gasteiger partial charge in [0.05, 0.1) is 24.1 Å². The molecule has 0 bridgehead atoms. The minimum Gasteiger partial charge on any atom is -0.383 e. The predicted molar refractivity (Wildman–Crippen MR) is 122 cm³/mol. The van der Waals surface area contributed by atoms with E-state index in [-0.39, 0.29) is 19.1 Å². The van der Waals surface area contributed by atoms with E-state index in [4.69, 9.17) is 4.74 Å². The number of benzene rings is 2. The number of hydrogen-bond donors (Lipinski definition) is 2. The van der Waals surface area contributed by atoms with Crippen LogP contribution in [-0.2, 0) is 11.3 Å². The number of aromatic nitrogens is 2. The van der Waals surface area contributed by atoms with Crippen LogP contribution < -0.4 is 21.5 Å². The van der Waals surface area contributed by atoms with E-state index in [1.807, 2.05) is 18.2 Å². The van der Waals surface area contributed by atoms with Gasteiger partial charge in [-0.1, -0.05) is 18.2 Å². The Balaban J connectivity index is 1.63. The van der Waals surface area contributed by atoms with E-state index in [1.54, 1.807) is 12.1 Å². The molecule has 1 amide bonds. The third-order valence-corrected chi connectivity index (χ3v) is 5.16. The third kappa shape index (κ3) is 5.40. The van der Waals surface area contributed by atoms with Crippen LogP contribution in [0.2, 0.25) is 0 Å². The summed E-state index contributed by atoms with van der Waals surface area (Å²) >= 11 is 0. The molecule has 0 unspecified atom stereocenters. The smallest absolute Gasteiger partial charge is 0.328 e. The molecule has 2 aromatic carbocycles. The van der Waals surface area contributed by atoms with Crippen LogP contribution in [0.1, 0.15) is 23.7 Å². The lowest BCUT2D eigenvalue weighted by Crippen LogP contribution is -2.36. The molecule has 8 heteroatoms. The van der Waals surface area contributed by atoms with Crippen LogP contribution in [0.4, 0.5) is 5.69 Å². The van der Waals surface area contributed by atoms with Crippen molar-refractivity contribution in [1.82, 2.24) is 14.9 Å². The molecule has 0 radical (unpaired) electrons. The predicted octanol–water partition coefficient (Wildman–Crippen LogP) is 1.98. The molecule has 0 fully saturated rings. The minimum atomic E-state index is -0.521. The molecule has 0 aliphatic carbocycles. The monoisotopic (exact) mass is 424 g/mol. The van der Waals surface area contributed by atoms with E-state index in [9.17, 15) is 14.4 Å². The zero-order chi connectivity index (χ0) is 22.2. The van der Waals surface area contributed by atoms with Gasteiger partial charge in [-0.05, 0) is 43.7 Å². The highest BCUT2D eigenvalue weighted by Crippen LogP contribution is 2.13. The molecule has 1 heterocycles. The largest absolute Gasteiger partial charge is 0.383 e. The van der Waals surface area contributed by atoms with Crippen molar-refractivity contribution >= 4 is 22.5 Å². The zero-order valence-corrected chi connectivity index (χ0v) is 17.9. The summed E-state index contributed by atoms with van der Waals surface area (Å²) in [5, 5.41) is 3.26. The standard InChI is InChI=1S/C23H28N4O4/c1-3-26(18-8-5-4-6-9-18)13-7-12-24-21(28)17-10-11-19-20(16-17)25-23(30)27(22(19)29)14-15-31-2/h4-6,8-11,16H,3,7,12-15H2,1-2H3,(H,24,28)(H,25,30). The van der Waals surface area contributed by atoms with E-state index in [2.05, 4.69) is 34.3 Å². The Morgan fingerprint density at radius 3 is 2.65 bits per heavy atom. The van der Waals surface area contributed by atoms with Crippen molar-refractivity contribution in [3.05, 3.63) is 74.9 Å². The number of carbonyl (C=O) groups is 1. The third-order valence-electron chi connectivity index (χ3n) is 5.16. The number of aromatic amines is 1. The van der Waals surface area contributed by atoms with Crippen LogP contribution in [0.15, 0.2) is 58.1 Å². The quantitative estimate of drug-likeness (QED) is 0.485. The Kier molecular flexibility index (Phi) is 7.61. The molecule has 3 aromatic rings. The number of ether oxygens (including phenoxy) is 1. The van der Waals surface area contributed by atoms with Gasteiger partial charge >= 0.3 is 5.69 Å². The van der Waals surface area contributed by atoms with E-state index >= 15 is 0 Å². The number of H-pyrrole nitrogens is 1. The summed E-state index contributed by atoms with van der Waals surface area (Å²) in [6.07, 6.45) is 0.795. The average Bonchev–Trinajstić information content (AvgIpc) is 2.79. The molecule has 1 aromatic heterocycles. The summed E-state index contributed by atoms with van der Waals surface area (Å²) in [6, 6.07) is 14.9. The van der Waals surface area contributed by atoms with Crippen LogP contribution in [0.3, 0.4) is 0 Å². The van der Waals surface area contributed by atoms with Gasteiger partial charge in [-0.15, -0.1) is 0 Å². The zero-order valence-electron chi connectivity index (χ0n) is 17.9. The Labute approximate surface area is 180 Å².